The molecule has 2 unspecified atom stereocenters. The van der Waals surface area contributed by atoms with Crippen LogP contribution in [0, 0.1) is 0 Å². The van der Waals surface area contributed by atoms with E-state index in [2.05, 4.69) is 5.10 Å². The lowest BCUT2D eigenvalue weighted by atomic mass is 10.1. The summed E-state index contributed by atoms with van der Waals surface area (Å²) in [5, 5.41) is 4.35. The second kappa shape index (κ2) is 7.79. The Labute approximate surface area is 169 Å². The van der Waals surface area contributed by atoms with Gasteiger partial charge in [-0.25, -0.2) is 0 Å². The number of ether oxygens (including phenoxy) is 1. The zero-order chi connectivity index (χ0) is 20.5. The average molecular weight is 396 g/mol. The van der Waals surface area contributed by atoms with Crippen molar-refractivity contribution in [2.45, 2.75) is 32.6 Å². The van der Waals surface area contributed by atoms with Gasteiger partial charge in [0.05, 0.1) is 25.3 Å². The highest BCUT2D eigenvalue weighted by atomic mass is 16.5. The third kappa shape index (κ3) is 3.93. The molecule has 0 aliphatic carbocycles. The molecule has 0 N–H and O–H groups in total. The second-order valence-electron chi connectivity index (χ2n) is 7.62. The van der Waals surface area contributed by atoms with Crippen molar-refractivity contribution in [2.24, 2.45) is 0 Å². The van der Waals surface area contributed by atoms with Gasteiger partial charge in [-0.1, -0.05) is 30.3 Å². The Hall–Kier alpha value is -3.00. The van der Waals surface area contributed by atoms with E-state index in [-0.39, 0.29) is 42.0 Å². The van der Waals surface area contributed by atoms with E-state index in [4.69, 9.17) is 4.74 Å². The smallest absolute Gasteiger partial charge is 0.274 e. The largest absolute Gasteiger partial charge is 0.372 e. The molecule has 8 heteroatoms. The predicted octanol–water partition coefficient (Wildman–Crippen LogP) is 1.47. The van der Waals surface area contributed by atoms with Crippen molar-refractivity contribution in [3.05, 3.63) is 53.3 Å². The zero-order valence-corrected chi connectivity index (χ0v) is 16.6. The first kappa shape index (κ1) is 19.3. The number of morpholine rings is 1. The van der Waals surface area contributed by atoms with E-state index in [9.17, 15) is 14.4 Å². The first-order valence-electron chi connectivity index (χ1n) is 9.82. The maximum absolute atomic E-state index is 12.9. The number of nitrogens with zero attached hydrogens (tertiary/aromatic N) is 4. The van der Waals surface area contributed by atoms with E-state index in [0.717, 1.165) is 0 Å². The summed E-state index contributed by atoms with van der Waals surface area (Å²) in [4.78, 5) is 41.4. The van der Waals surface area contributed by atoms with Gasteiger partial charge in [0.25, 0.3) is 11.8 Å². The lowest BCUT2D eigenvalue weighted by molar-refractivity contribution is -0.0587. The van der Waals surface area contributed by atoms with E-state index in [1.165, 1.54) is 11.0 Å². The van der Waals surface area contributed by atoms with Crippen molar-refractivity contribution in [3.63, 3.8) is 0 Å². The van der Waals surface area contributed by atoms with Crippen LogP contribution < -0.4 is 0 Å². The SMILES string of the molecule is CC1CN(C(=O)c2cc3n(n2)CCN(CC(=O)c2ccccc2)C3=O)CC(C)O1. The number of hydrogen-bond donors (Lipinski definition) is 0. The van der Waals surface area contributed by atoms with E-state index in [1.54, 1.807) is 33.8 Å². The monoisotopic (exact) mass is 396 g/mol. The van der Waals surface area contributed by atoms with Crippen LogP contribution in [0.1, 0.15) is 45.2 Å². The molecule has 152 valence electrons. The van der Waals surface area contributed by atoms with Crippen LogP contribution in [0.25, 0.3) is 0 Å². The summed E-state index contributed by atoms with van der Waals surface area (Å²) >= 11 is 0. The second-order valence-corrected chi connectivity index (χ2v) is 7.62. The topological polar surface area (TPSA) is 84.7 Å². The lowest BCUT2D eigenvalue weighted by Crippen LogP contribution is -2.48. The molecule has 29 heavy (non-hydrogen) atoms. The number of benzene rings is 1. The average Bonchev–Trinajstić information content (AvgIpc) is 3.14. The zero-order valence-electron chi connectivity index (χ0n) is 16.6. The first-order chi connectivity index (χ1) is 13.9. The molecule has 4 rings (SSSR count). The summed E-state index contributed by atoms with van der Waals surface area (Å²) in [6.45, 7) is 5.69. The van der Waals surface area contributed by atoms with E-state index >= 15 is 0 Å². The molecule has 2 amide bonds. The van der Waals surface area contributed by atoms with Gasteiger partial charge in [0, 0.05) is 31.3 Å². The highest BCUT2D eigenvalue weighted by Gasteiger charge is 2.32. The van der Waals surface area contributed by atoms with Gasteiger partial charge >= 0.3 is 0 Å². The van der Waals surface area contributed by atoms with Gasteiger partial charge < -0.3 is 14.5 Å². The first-order valence-corrected chi connectivity index (χ1v) is 9.82. The predicted molar refractivity (Wildman–Crippen MR) is 105 cm³/mol. The Balaban J connectivity index is 1.48. The highest BCUT2D eigenvalue weighted by Crippen LogP contribution is 2.18. The molecule has 0 bridgehead atoms. The van der Waals surface area contributed by atoms with Gasteiger partial charge in [-0.2, -0.15) is 5.10 Å². The van der Waals surface area contributed by atoms with Gasteiger partial charge in [-0.3, -0.25) is 19.1 Å². The minimum Gasteiger partial charge on any atom is -0.372 e. The fourth-order valence-electron chi connectivity index (χ4n) is 3.89. The van der Waals surface area contributed by atoms with E-state index in [1.807, 2.05) is 19.9 Å². The van der Waals surface area contributed by atoms with Crippen molar-refractivity contribution in [1.29, 1.82) is 0 Å². The number of ketones is 1. The molecule has 2 aromatic rings. The van der Waals surface area contributed by atoms with E-state index < -0.39 is 0 Å². The van der Waals surface area contributed by atoms with Crippen LogP contribution in [-0.4, -0.2) is 75.6 Å². The van der Waals surface area contributed by atoms with Crippen LogP contribution in [0.2, 0.25) is 0 Å². The van der Waals surface area contributed by atoms with Crippen molar-refractivity contribution >= 4 is 17.6 Å². The van der Waals surface area contributed by atoms with Crippen LogP contribution in [0.3, 0.4) is 0 Å². The summed E-state index contributed by atoms with van der Waals surface area (Å²) in [7, 11) is 0. The number of aromatic nitrogens is 2. The van der Waals surface area contributed by atoms with E-state index in [0.29, 0.717) is 37.4 Å². The van der Waals surface area contributed by atoms with Crippen LogP contribution in [0.4, 0.5) is 0 Å². The van der Waals surface area contributed by atoms with Gasteiger partial charge in [0.1, 0.15) is 5.69 Å². The molecule has 8 nitrogen and oxygen atoms in total. The van der Waals surface area contributed by atoms with Gasteiger partial charge in [-0.05, 0) is 13.8 Å². The summed E-state index contributed by atoms with van der Waals surface area (Å²) < 4.78 is 7.24. The Morgan fingerprint density at radius 3 is 2.48 bits per heavy atom. The molecule has 1 aromatic heterocycles. The number of fused-ring (bicyclic) bond motifs is 1. The molecule has 2 aliphatic heterocycles. The molecule has 1 fully saturated rings. The Morgan fingerprint density at radius 1 is 1.10 bits per heavy atom. The minimum atomic E-state index is -0.282. The number of hydrogen-bond acceptors (Lipinski definition) is 5. The Kier molecular flexibility index (Phi) is 5.19. The number of carbonyl (C=O) groups excluding carboxylic acids is 3. The fourth-order valence-corrected chi connectivity index (χ4v) is 3.89. The standard InChI is InChI=1S/C21H24N4O4/c1-14-11-24(12-15(2)29-14)20(27)17-10-18-21(28)23(8-9-25(18)22-17)13-19(26)16-6-4-3-5-7-16/h3-7,10,14-15H,8-9,11-13H2,1-2H3. The van der Waals surface area contributed by atoms with Crippen LogP contribution in [-0.2, 0) is 11.3 Å². The summed E-state index contributed by atoms with van der Waals surface area (Å²) in [5.41, 5.74) is 1.17. The number of carbonyl (C=O) groups is 3. The van der Waals surface area contributed by atoms with Gasteiger partial charge in [0.15, 0.2) is 11.5 Å². The maximum Gasteiger partial charge on any atom is 0.274 e. The summed E-state index contributed by atoms with van der Waals surface area (Å²) in [5.74, 6) is -0.594. The van der Waals surface area contributed by atoms with Crippen LogP contribution in [0.5, 0.6) is 0 Å². The Morgan fingerprint density at radius 2 is 1.79 bits per heavy atom. The number of rotatable bonds is 4. The lowest BCUT2D eigenvalue weighted by Gasteiger charge is -2.34. The molecule has 1 saturated heterocycles. The van der Waals surface area contributed by atoms with Crippen molar-refractivity contribution in [3.8, 4) is 0 Å². The summed E-state index contributed by atoms with van der Waals surface area (Å²) in [6, 6.07) is 10.5. The molecule has 2 atom stereocenters. The molecular weight excluding hydrogens is 372 g/mol. The third-order valence-electron chi connectivity index (χ3n) is 5.22. The highest BCUT2D eigenvalue weighted by molar-refractivity contribution is 6.03. The van der Waals surface area contributed by atoms with Gasteiger partial charge in [0.2, 0.25) is 0 Å². The van der Waals surface area contributed by atoms with Crippen molar-refractivity contribution < 1.29 is 19.1 Å². The normalized spacial score (nSPS) is 21.8. The molecule has 0 saturated carbocycles. The summed E-state index contributed by atoms with van der Waals surface area (Å²) in [6.07, 6.45) is -0.0814. The maximum atomic E-state index is 12.9. The molecule has 0 spiro atoms. The number of amides is 2. The number of Topliss-reactive ketones (excluding diaryl/α,β-unsaturated/α-hetero) is 1. The molecule has 2 aliphatic rings. The fraction of sp³-hybridized carbons (Fsp3) is 0.429. The van der Waals surface area contributed by atoms with Gasteiger partial charge in [-0.15, -0.1) is 0 Å². The quantitative estimate of drug-likeness (QED) is 0.731. The van der Waals surface area contributed by atoms with Crippen molar-refractivity contribution in [2.75, 3.05) is 26.2 Å². The van der Waals surface area contributed by atoms with Crippen LogP contribution in [0.15, 0.2) is 36.4 Å². The third-order valence-corrected chi connectivity index (χ3v) is 5.22. The van der Waals surface area contributed by atoms with Crippen molar-refractivity contribution in [1.82, 2.24) is 19.6 Å². The Bertz CT molecular complexity index is 929. The molecular formula is C21H24N4O4. The molecule has 0 radical (unpaired) electrons. The van der Waals surface area contributed by atoms with Crippen LogP contribution >= 0.6 is 0 Å². The molecule has 3 heterocycles. The minimum absolute atomic E-state index is 0.00972. The molecule has 1 aromatic carbocycles.